The lowest BCUT2D eigenvalue weighted by Crippen LogP contribution is -2.54. The highest BCUT2D eigenvalue weighted by molar-refractivity contribution is 5.89. The number of methoxy groups -OCH3 is 1. The lowest BCUT2D eigenvalue weighted by Gasteiger charge is -2.61. The number of ether oxygens (including phenoxy) is 1. The molecule has 0 saturated heterocycles. The van der Waals surface area contributed by atoms with E-state index in [0.29, 0.717) is 11.8 Å². The minimum Gasteiger partial charge on any atom is -0.466 e. The second-order valence-corrected chi connectivity index (χ2v) is 6.67. The van der Waals surface area contributed by atoms with Crippen LogP contribution >= 0.6 is 0 Å². The van der Waals surface area contributed by atoms with Gasteiger partial charge in [0.05, 0.1) is 7.11 Å². The van der Waals surface area contributed by atoms with Gasteiger partial charge in [0.25, 0.3) is 0 Å². The third-order valence-electron chi connectivity index (χ3n) is 6.17. The van der Waals surface area contributed by atoms with Gasteiger partial charge in [-0.2, -0.15) is 0 Å². The summed E-state index contributed by atoms with van der Waals surface area (Å²) >= 11 is 0. The second-order valence-electron chi connectivity index (χ2n) is 6.67. The molecular formula is C16H24O2. The van der Waals surface area contributed by atoms with Gasteiger partial charge in [0.2, 0.25) is 0 Å². The Balaban J connectivity index is 1.96. The topological polar surface area (TPSA) is 26.3 Å². The summed E-state index contributed by atoms with van der Waals surface area (Å²) in [6.45, 7) is 6.37. The van der Waals surface area contributed by atoms with Gasteiger partial charge >= 0.3 is 5.97 Å². The molecule has 0 aliphatic heterocycles. The van der Waals surface area contributed by atoms with E-state index in [2.05, 4.69) is 13.5 Å². The van der Waals surface area contributed by atoms with Crippen LogP contribution in [0.1, 0.15) is 45.4 Å². The van der Waals surface area contributed by atoms with Crippen molar-refractivity contribution in [3.05, 3.63) is 12.2 Å². The van der Waals surface area contributed by atoms with Gasteiger partial charge in [0.1, 0.15) is 0 Å². The van der Waals surface area contributed by atoms with Crippen LogP contribution < -0.4 is 0 Å². The highest BCUT2D eigenvalue weighted by Gasteiger charge is 2.58. The molecule has 18 heavy (non-hydrogen) atoms. The van der Waals surface area contributed by atoms with Crippen molar-refractivity contribution in [2.24, 2.45) is 29.1 Å². The first-order valence-electron chi connectivity index (χ1n) is 7.39. The number of hydrogen-bond acceptors (Lipinski definition) is 2. The third-order valence-corrected chi connectivity index (χ3v) is 6.17. The van der Waals surface area contributed by atoms with Crippen LogP contribution in [0.4, 0.5) is 0 Å². The summed E-state index contributed by atoms with van der Waals surface area (Å²) in [4.78, 5) is 12.0. The molecule has 4 aliphatic carbocycles. The highest BCUT2D eigenvalue weighted by atomic mass is 16.5. The van der Waals surface area contributed by atoms with Crippen molar-refractivity contribution < 1.29 is 9.53 Å². The number of rotatable bonds is 3. The quantitative estimate of drug-likeness (QED) is 0.564. The van der Waals surface area contributed by atoms with Crippen LogP contribution in [0.5, 0.6) is 0 Å². The predicted molar refractivity (Wildman–Crippen MR) is 70.9 cm³/mol. The molecule has 0 aromatic rings. The van der Waals surface area contributed by atoms with Crippen molar-refractivity contribution >= 4 is 5.97 Å². The smallest absolute Gasteiger partial charge is 0.333 e. The van der Waals surface area contributed by atoms with Gasteiger partial charge in [0, 0.05) is 11.0 Å². The molecule has 4 bridgehead atoms. The fourth-order valence-electron chi connectivity index (χ4n) is 5.62. The Kier molecular flexibility index (Phi) is 2.80. The molecule has 2 nitrogen and oxygen atoms in total. The summed E-state index contributed by atoms with van der Waals surface area (Å²) < 4.78 is 4.96. The molecule has 0 heterocycles. The third kappa shape index (κ3) is 1.44. The number of carbonyl (C=O) groups is 1. The van der Waals surface area contributed by atoms with E-state index in [1.54, 1.807) is 0 Å². The molecule has 4 fully saturated rings. The average Bonchev–Trinajstić information content (AvgIpc) is 2.37. The summed E-state index contributed by atoms with van der Waals surface area (Å²) in [5.41, 5.74) is 0.821. The molecule has 0 amide bonds. The van der Waals surface area contributed by atoms with Gasteiger partial charge in [-0.25, -0.2) is 4.79 Å². The standard InChI is InChI=1S/C16H24O2/c1-4-16(10(2)15(17)18-3)13-6-11-5-12(8-13)9-14(16)7-11/h11-14H,2,4-9H2,1,3H3. The van der Waals surface area contributed by atoms with Crippen LogP contribution in [-0.4, -0.2) is 13.1 Å². The molecule has 0 aromatic heterocycles. The first-order chi connectivity index (χ1) is 8.61. The minimum atomic E-state index is -0.177. The van der Waals surface area contributed by atoms with Gasteiger partial charge in [-0.15, -0.1) is 0 Å². The number of carbonyl (C=O) groups excluding carboxylic acids is 1. The van der Waals surface area contributed by atoms with Crippen LogP contribution in [0.15, 0.2) is 12.2 Å². The van der Waals surface area contributed by atoms with Crippen molar-refractivity contribution in [3.63, 3.8) is 0 Å². The zero-order chi connectivity index (χ0) is 12.9. The first-order valence-corrected chi connectivity index (χ1v) is 7.39. The van der Waals surface area contributed by atoms with E-state index < -0.39 is 0 Å². The maximum atomic E-state index is 12.0. The van der Waals surface area contributed by atoms with Crippen LogP contribution in [0.25, 0.3) is 0 Å². The predicted octanol–water partition coefficient (Wildman–Crippen LogP) is 3.57. The largest absolute Gasteiger partial charge is 0.466 e. The van der Waals surface area contributed by atoms with Crippen molar-refractivity contribution in [2.75, 3.05) is 7.11 Å². The molecule has 4 rings (SSSR count). The van der Waals surface area contributed by atoms with E-state index >= 15 is 0 Å². The lowest BCUT2D eigenvalue weighted by atomic mass is 9.43. The summed E-state index contributed by atoms with van der Waals surface area (Å²) in [6, 6.07) is 0. The van der Waals surface area contributed by atoms with Gasteiger partial charge in [0.15, 0.2) is 0 Å². The van der Waals surface area contributed by atoms with E-state index in [0.717, 1.165) is 23.8 Å². The molecule has 2 heteroatoms. The minimum absolute atomic E-state index is 0.0561. The highest BCUT2D eigenvalue weighted by Crippen LogP contribution is 2.65. The Morgan fingerprint density at radius 3 is 2.06 bits per heavy atom. The maximum absolute atomic E-state index is 12.0. The second kappa shape index (κ2) is 4.11. The van der Waals surface area contributed by atoms with E-state index in [4.69, 9.17) is 4.74 Å². The van der Waals surface area contributed by atoms with Crippen molar-refractivity contribution in [3.8, 4) is 0 Å². The molecular weight excluding hydrogens is 224 g/mol. The van der Waals surface area contributed by atoms with Crippen LogP contribution in [0, 0.1) is 29.1 Å². The van der Waals surface area contributed by atoms with Crippen molar-refractivity contribution in [1.82, 2.24) is 0 Å². The zero-order valence-corrected chi connectivity index (χ0v) is 11.6. The SMILES string of the molecule is C=C(C(=O)OC)C1(CC)C2CC3CC(C2)CC1C3. The molecule has 0 spiro atoms. The molecule has 0 N–H and O–H groups in total. The van der Waals surface area contributed by atoms with Crippen molar-refractivity contribution in [2.45, 2.75) is 45.4 Å². The van der Waals surface area contributed by atoms with E-state index in [9.17, 15) is 4.79 Å². The molecule has 100 valence electrons. The van der Waals surface area contributed by atoms with Gasteiger partial charge in [-0.1, -0.05) is 13.5 Å². The zero-order valence-electron chi connectivity index (χ0n) is 11.6. The van der Waals surface area contributed by atoms with Gasteiger partial charge in [-0.05, 0) is 62.2 Å². The lowest BCUT2D eigenvalue weighted by molar-refractivity contribution is -0.144. The van der Waals surface area contributed by atoms with Crippen molar-refractivity contribution in [1.29, 1.82) is 0 Å². The Bertz CT molecular complexity index is 355. The molecule has 0 unspecified atom stereocenters. The fraction of sp³-hybridized carbons (Fsp3) is 0.812. The van der Waals surface area contributed by atoms with E-state index in [1.165, 1.54) is 39.2 Å². The molecule has 4 saturated carbocycles. The van der Waals surface area contributed by atoms with E-state index in [1.807, 2.05) is 0 Å². The maximum Gasteiger partial charge on any atom is 0.333 e. The first kappa shape index (κ1) is 12.3. The van der Waals surface area contributed by atoms with Crippen LogP contribution in [0.3, 0.4) is 0 Å². The fourth-order valence-corrected chi connectivity index (χ4v) is 5.62. The summed E-state index contributed by atoms with van der Waals surface area (Å²) in [7, 11) is 1.48. The Hall–Kier alpha value is -0.790. The Labute approximate surface area is 110 Å². The average molecular weight is 248 g/mol. The Morgan fingerprint density at radius 1 is 1.17 bits per heavy atom. The van der Waals surface area contributed by atoms with Crippen LogP contribution in [0.2, 0.25) is 0 Å². The van der Waals surface area contributed by atoms with Gasteiger partial charge < -0.3 is 4.74 Å². The van der Waals surface area contributed by atoms with Gasteiger partial charge in [-0.3, -0.25) is 0 Å². The summed E-state index contributed by atoms with van der Waals surface area (Å²) in [5, 5.41) is 0. The summed E-state index contributed by atoms with van der Waals surface area (Å²) in [6.07, 6.45) is 7.76. The van der Waals surface area contributed by atoms with Crippen LogP contribution in [-0.2, 0) is 9.53 Å². The molecule has 0 radical (unpaired) electrons. The number of esters is 1. The normalized spacial score (nSPS) is 45.0. The monoisotopic (exact) mass is 248 g/mol. The molecule has 0 atom stereocenters. The Morgan fingerprint density at radius 2 is 1.67 bits per heavy atom. The number of hydrogen-bond donors (Lipinski definition) is 0. The molecule has 0 aromatic carbocycles. The molecule has 4 aliphatic rings. The van der Waals surface area contributed by atoms with E-state index in [-0.39, 0.29) is 11.4 Å². The summed E-state index contributed by atoms with van der Waals surface area (Å²) in [5.74, 6) is 3.05.